The molecule has 1 saturated heterocycles. The van der Waals surface area contributed by atoms with E-state index in [0.717, 1.165) is 69.1 Å². The molecule has 8 heteroatoms. The Kier molecular flexibility index (Phi) is 9.90. The minimum Gasteiger partial charge on any atom is -0.393 e. The van der Waals surface area contributed by atoms with Crippen LogP contribution >= 0.6 is 12.4 Å². The number of fused-ring (bicyclic) bond motifs is 1. The summed E-state index contributed by atoms with van der Waals surface area (Å²) in [7, 11) is 0. The molecule has 3 fully saturated rings. The van der Waals surface area contributed by atoms with E-state index in [9.17, 15) is 5.11 Å². The van der Waals surface area contributed by atoms with Gasteiger partial charge in [0.25, 0.3) is 0 Å². The zero-order valence-corrected chi connectivity index (χ0v) is 23.1. The summed E-state index contributed by atoms with van der Waals surface area (Å²) in [4.78, 5) is 12.5. The van der Waals surface area contributed by atoms with Crippen LogP contribution in [-0.2, 0) is 0 Å². The van der Waals surface area contributed by atoms with Crippen molar-refractivity contribution in [3.05, 3.63) is 18.0 Å². The van der Waals surface area contributed by atoms with Crippen molar-refractivity contribution >= 4 is 29.4 Å². The molecule has 0 radical (unpaired) electrons. The fourth-order valence-corrected chi connectivity index (χ4v) is 6.70. The first-order chi connectivity index (χ1) is 17.1. The van der Waals surface area contributed by atoms with Crippen LogP contribution in [0.15, 0.2) is 12.4 Å². The van der Waals surface area contributed by atoms with Crippen molar-refractivity contribution in [2.45, 2.75) is 102 Å². The Morgan fingerprint density at radius 1 is 1.08 bits per heavy atom. The predicted octanol–water partition coefficient (Wildman–Crippen LogP) is 5.11. The van der Waals surface area contributed by atoms with E-state index in [1.54, 1.807) is 0 Å². The largest absolute Gasteiger partial charge is 0.393 e. The van der Waals surface area contributed by atoms with Gasteiger partial charge in [0.2, 0.25) is 5.95 Å². The van der Waals surface area contributed by atoms with Crippen molar-refractivity contribution in [1.82, 2.24) is 24.8 Å². The Morgan fingerprint density at radius 3 is 2.50 bits per heavy atom. The van der Waals surface area contributed by atoms with Gasteiger partial charge in [-0.3, -0.25) is 0 Å². The van der Waals surface area contributed by atoms with Crippen molar-refractivity contribution in [3.8, 4) is 0 Å². The second kappa shape index (κ2) is 12.9. The molecule has 3 heterocycles. The molecule has 0 unspecified atom stereocenters. The van der Waals surface area contributed by atoms with E-state index in [4.69, 9.17) is 9.97 Å². The first-order valence-electron chi connectivity index (χ1n) is 14.4. The first-order valence-corrected chi connectivity index (χ1v) is 14.4. The number of piperazine rings is 1. The van der Waals surface area contributed by atoms with Crippen LogP contribution in [0, 0.1) is 5.92 Å². The Hall–Kier alpha value is -1.41. The summed E-state index contributed by atoms with van der Waals surface area (Å²) < 4.78 is 2.45. The van der Waals surface area contributed by atoms with Crippen LogP contribution in [0.25, 0.3) is 11.0 Å². The number of hydrogen-bond acceptors (Lipinski definition) is 6. The number of rotatable bonds is 8. The summed E-state index contributed by atoms with van der Waals surface area (Å²) in [5, 5.41) is 18.3. The summed E-state index contributed by atoms with van der Waals surface area (Å²) in [5.41, 5.74) is 2.55. The fourth-order valence-electron chi connectivity index (χ4n) is 6.70. The minimum atomic E-state index is -0.139. The molecule has 0 bridgehead atoms. The van der Waals surface area contributed by atoms with Gasteiger partial charge in [0.15, 0.2) is 0 Å². The molecule has 1 aliphatic heterocycles. The average Bonchev–Trinajstić information content (AvgIpc) is 3.24. The molecule has 2 saturated carbocycles. The molecule has 36 heavy (non-hydrogen) atoms. The van der Waals surface area contributed by atoms with Crippen molar-refractivity contribution in [3.63, 3.8) is 0 Å². The molecule has 1 atom stereocenters. The topological polar surface area (TPSA) is 78.2 Å². The highest BCUT2D eigenvalue weighted by atomic mass is 35.5. The third-order valence-corrected chi connectivity index (χ3v) is 8.77. The van der Waals surface area contributed by atoms with Crippen LogP contribution in [0.4, 0.5) is 5.95 Å². The monoisotopic (exact) mass is 518 g/mol. The molecule has 2 aromatic rings. The third-order valence-electron chi connectivity index (χ3n) is 8.77. The van der Waals surface area contributed by atoms with E-state index in [1.807, 2.05) is 0 Å². The zero-order valence-electron chi connectivity index (χ0n) is 22.3. The second-order valence-electron chi connectivity index (χ2n) is 11.5. The van der Waals surface area contributed by atoms with Gasteiger partial charge in [0, 0.05) is 62.6 Å². The van der Waals surface area contributed by atoms with Gasteiger partial charge in [0.05, 0.1) is 6.10 Å². The minimum absolute atomic E-state index is 0. The van der Waals surface area contributed by atoms with Crippen LogP contribution in [0.2, 0.25) is 0 Å². The summed E-state index contributed by atoms with van der Waals surface area (Å²) in [6, 6.07) is 0.797. The molecule has 7 nitrogen and oxygen atoms in total. The molecule has 2 aliphatic carbocycles. The third kappa shape index (κ3) is 6.53. The second-order valence-corrected chi connectivity index (χ2v) is 11.5. The highest BCUT2D eigenvalue weighted by molar-refractivity contribution is 5.85. The number of aromatic nitrogens is 3. The molecule has 2 aromatic heterocycles. The van der Waals surface area contributed by atoms with Gasteiger partial charge in [-0.05, 0) is 82.1 Å². The lowest BCUT2D eigenvalue weighted by atomic mass is 9.78. The highest BCUT2D eigenvalue weighted by Gasteiger charge is 2.29. The van der Waals surface area contributed by atoms with Crippen molar-refractivity contribution in [1.29, 1.82) is 0 Å². The molecule has 0 spiro atoms. The fraction of sp³-hybridized carbons (Fsp3) is 0.786. The summed E-state index contributed by atoms with van der Waals surface area (Å²) in [6.07, 6.45) is 15.7. The summed E-state index contributed by atoms with van der Waals surface area (Å²) in [5.74, 6) is 2.19. The Labute approximate surface area is 223 Å². The van der Waals surface area contributed by atoms with E-state index < -0.39 is 0 Å². The molecule has 0 amide bonds. The number of aliphatic hydroxyl groups is 1. The van der Waals surface area contributed by atoms with Crippen LogP contribution in [-0.4, -0.2) is 69.4 Å². The quantitative estimate of drug-likeness (QED) is 0.451. The smallest absolute Gasteiger partial charge is 0.224 e. The average molecular weight is 519 g/mol. The van der Waals surface area contributed by atoms with Crippen molar-refractivity contribution in [2.75, 3.05) is 38.0 Å². The van der Waals surface area contributed by atoms with E-state index >= 15 is 0 Å². The molecule has 3 aliphatic rings. The van der Waals surface area contributed by atoms with Crippen molar-refractivity contribution in [2.24, 2.45) is 5.92 Å². The predicted molar refractivity (Wildman–Crippen MR) is 150 cm³/mol. The van der Waals surface area contributed by atoms with Gasteiger partial charge < -0.3 is 25.2 Å². The zero-order chi connectivity index (χ0) is 24.2. The summed E-state index contributed by atoms with van der Waals surface area (Å²) in [6.45, 7) is 10.4. The van der Waals surface area contributed by atoms with E-state index in [2.05, 4.69) is 46.3 Å². The van der Waals surface area contributed by atoms with Gasteiger partial charge in [0.1, 0.15) is 5.65 Å². The SMILES string of the molecule is CCC[C@H](C)Nc1ncc2c(C3CCC(CN4CCNCC4)CC3)cn(C3CCC(O)CC3)c2n1.Cl. The maximum atomic E-state index is 10.1. The number of anilines is 1. The number of halogens is 1. The van der Waals surface area contributed by atoms with Crippen LogP contribution < -0.4 is 10.6 Å². The van der Waals surface area contributed by atoms with Gasteiger partial charge in [-0.2, -0.15) is 4.98 Å². The first kappa shape index (κ1) is 27.6. The van der Waals surface area contributed by atoms with E-state index in [-0.39, 0.29) is 18.5 Å². The molecule has 202 valence electrons. The Balaban J connectivity index is 0.00000304. The Morgan fingerprint density at radius 2 is 1.81 bits per heavy atom. The van der Waals surface area contributed by atoms with Gasteiger partial charge in [-0.1, -0.05) is 13.3 Å². The lowest BCUT2D eigenvalue weighted by Crippen LogP contribution is -2.45. The van der Waals surface area contributed by atoms with Crippen LogP contribution in [0.5, 0.6) is 0 Å². The Bertz CT molecular complexity index is 945. The van der Waals surface area contributed by atoms with E-state index in [0.29, 0.717) is 18.0 Å². The normalized spacial score (nSPS) is 28.5. The maximum Gasteiger partial charge on any atom is 0.224 e. The summed E-state index contributed by atoms with van der Waals surface area (Å²) >= 11 is 0. The number of nitrogens with one attached hydrogen (secondary N) is 2. The molecule has 3 N–H and O–H groups in total. The van der Waals surface area contributed by atoms with Gasteiger partial charge in [-0.25, -0.2) is 4.98 Å². The van der Waals surface area contributed by atoms with Gasteiger partial charge in [-0.15, -0.1) is 12.4 Å². The van der Waals surface area contributed by atoms with Gasteiger partial charge >= 0.3 is 0 Å². The maximum absolute atomic E-state index is 10.1. The van der Waals surface area contributed by atoms with E-state index in [1.165, 1.54) is 56.3 Å². The molecular weight excluding hydrogens is 472 g/mol. The molecule has 0 aromatic carbocycles. The molecular formula is C28H47ClN6O. The lowest BCUT2D eigenvalue weighted by Gasteiger charge is -2.34. The highest BCUT2D eigenvalue weighted by Crippen LogP contribution is 2.41. The standard InChI is InChI=1S/C28H46N6O.ClH/c1-3-4-20(2)31-28-30-17-25-26(19-34(27(25)32-28)23-9-11-24(35)12-10-23)22-7-5-21(6-8-22)18-33-15-13-29-14-16-33;/h17,19-24,29,35H,3-16,18H2,1-2H3,(H,30,31,32);1H/t20-,21?,22?,23?,24?;/m0./s1. The number of nitrogens with zero attached hydrogens (tertiary/aromatic N) is 4. The van der Waals surface area contributed by atoms with Crippen LogP contribution in [0.1, 0.15) is 95.6 Å². The lowest BCUT2D eigenvalue weighted by molar-refractivity contribution is 0.111. The number of aliphatic hydroxyl groups excluding tert-OH is 1. The molecule has 5 rings (SSSR count). The number of hydrogen-bond donors (Lipinski definition) is 3. The van der Waals surface area contributed by atoms with Crippen molar-refractivity contribution < 1.29 is 5.11 Å². The van der Waals surface area contributed by atoms with Crippen LogP contribution in [0.3, 0.4) is 0 Å².